The van der Waals surface area contributed by atoms with Crippen molar-refractivity contribution < 1.29 is 24.2 Å². The van der Waals surface area contributed by atoms with E-state index >= 15 is 0 Å². The van der Waals surface area contributed by atoms with Gasteiger partial charge in [0.05, 0.1) is 12.5 Å². The quantitative estimate of drug-likeness (QED) is 0.725. The lowest BCUT2D eigenvalue weighted by molar-refractivity contribution is -0.143. The van der Waals surface area contributed by atoms with Crippen LogP contribution in [0.4, 0.5) is 0 Å². The average molecular weight is 323 g/mol. The number of aliphatic carboxylic acids is 1. The van der Waals surface area contributed by atoms with Gasteiger partial charge < -0.3 is 19.9 Å². The lowest BCUT2D eigenvalue weighted by Gasteiger charge is -2.23. The van der Waals surface area contributed by atoms with Crippen molar-refractivity contribution in [2.75, 3.05) is 20.3 Å². The van der Waals surface area contributed by atoms with E-state index in [0.717, 1.165) is 11.3 Å². The topological polar surface area (TPSA) is 84.9 Å². The molecule has 23 heavy (non-hydrogen) atoms. The van der Waals surface area contributed by atoms with Gasteiger partial charge in [0.2, 0.25) is 0 Å². The molecule has 2 N–H and O–H groups in total. The number of carbonyl (C=O) groups excluding carboxylic acids is 1. The minimum atomic E-state index is -0.984. The number of hydrogen-bond donors (Lipinski definition) is 2. The molecule has 1 amide bonds. The molecule has 1 aromatic carbocycles. The molecule has 1 aromatic rings. The van der Waals surface area contributed by atoms with Gasteiger partial charge in [0.1, 0.15) is 11.4 Å². The van der Waals surface area contributed by atoms with Gasteiger partial charge >= 0.3 is 5.97 Å². The highest BCUT2D eigenvalue weighted by molar-refractivity contribution is 5.84. The number of ether oxygens (including phenoxy) is 2. The van der Waals surface area contributed by atoms with E-state index in [2.05, 4.69) is 5.32 Å². The smallest absolute Gasteiger partial charge is 0.308 e. The Kier molecular flexibility index (Phi) is 7.03. The number of amides is 1. The highest BCUT2D eigenvalue weighted by Crippen LogP contribution is 2.16. The van der Waals surface area contributed by atoms with Crippen molar-refractivity contribution in [3.8, 4) is 5.75 Å². The van der Waals surface area contributed by atoms with Gasteiger partial charge in [0, 0.05) is 13.7 Å². The molecule has 1 rings (SSSR count). The summed E-state index contributed by atoms with van der Waals surface area (Å²) in [5.74, 6) is -1.24. The second-order valence-corrected chi connectivity index (χ2v) is 5.74. The average Bonchev–Trinajstić information content (AvgIpc) is 2.52. The molecule has 0 bridgehead atoms. The molecule has 0 saturated heterocycles. The zero-order valence-electron chi connectivity index (χ0n) is 14.1. The Labute approximate surface area is 136 Å². The first-order valence-electron chi connectivity index (χ1n) is 7.58. The van der Waals surface area contributed by atoms with Crippen LogP contribution >= 0.6 is 0 Å². The highest BCUT2D eigenvalue weighted by Gasteiger charge is 2.28. The number of rotatable bonds is 9. The van der Waals surface area contributed by atoms with Crippen molar-refractivity contribution in [3.63, 3.8) is 0 Å². The highest BCUT2D eigenvalue weighted by atomic mass is 16.5. The lowest BCUT2D eigenvalue weighted by atomic mass is 9.98. The van der Waals surface area contributed by atoms with Crippen LogP contribution in [0.2, 0.25) is 0 Å². The first-order valence-corrected chi connectivity index (χ1v) is 7.58. The van der Waals surface area contributed by atoms with Crippen LogP contribution in [0.3, 0.4) is 0 Å². The molecule has 0 aliphatic carbocycles. The molecule has 1 atom stereocenters. The molecular weight excluding hydrogens is 298 g/mol. The second kappa shape index (κ2) is 8.53. The van der Waals surface area contributed by atoms with Crippen LogP contribution in [0.5, 0.6) is 5.75 Å². The van der Waals surface area contributed by atoms with Crippen molar-refractivity contribution in [1.82, 2.24) is 5.32 Å². The predicted molar refractivity (Wildman–Crippen MR) is 86.5 cm³/mol. The fraction of sp³-hybridized carbons (Fsp3) is 0.529. The normalized spacial score (nSPS) is 12.5. The fourth-order valence-electron chi connectivity index (χ4n) is 1.94. The predicted octanol–water partition coefficient (Wildman–Crippen LogP) is 1.87. The van der Waals surface area contributed by atoms with Crippen molar-refractivity contribution in [2.45, 2.75) is 32.8 Å². The maximum absolute atomic E-state index is 11.9. The van der Waals surface area contributed by atoms with E-state index in [9.17, 15) is 14.7 Å². The summed E-state index contributed by atoms with van der Waals surface area (Å²) in [4.78, 5) is 23.3. The SMILES string of the molecule is CCOc1ccc(CC(CNC(=O)C(C)(C)OC)C(=O)O)cc1. The van der Waals surface area contributed by atoms with Crippen molar-refractivity contribution >= 4 is 11.9 Å². The largest absolute Gasteiger partial charge is 0.494 e. The van der Waals surface area contributed by atoms with Gasteiger partial charge in [-0.3, -0.25) is 9.59 Å². The van der Waals surface area contributed by atoms with Gasteiger partial charge in [-0.2, -0.15) is 0 Å². The van der Waals surface area contributed by atoms with E-state index < -0.39 is 17.5 Å². The third kappa shape index (κ3) is 5.90. The molecule has 6 nitrogen and oxygen atoms in total. The molecule has 6 heteroatoms. The maximum Gasteiger partial charge on any atom is 0.308 e. The van der Waals surface area contributed by atoms with Crippen molar-refractivity contribution in [2.24, 2.45) is 5.92 Å². The number of benzene rings is 1. The van der Waals surface area contributed by atoms with E-state index in [-0.39, 0.29) is 12.5 Å². The molecule has 0 saturated carbocycles. The van der Waals surface area contributed by atoms with Crippen LogP contribution in [0.25, 0.3) is 0 Å². The number of carboxylic acids is 1. The van der Waals surface area contributed by atoms with E-state index in [1.54, 1.807) is 13.8 Å². The Morgan fingerprint density at radius 2 is 1.87 bits per heavy atom. The maximum atomic E-state index is 11.9. The van der Waals surface area contributed by atoms with Crippen molar-refractivity contribution in [3.05, 3.63) is 29.8 Å². The zero-order valence-corrected chi connectivity index (χ0v) is 14.1. The molecular formula is C17H25NO5. The fourth-order valence-corrected chi connectivity index (χ4v) is 1.94. The number of nitrogens with one attached hydrogen (secondary N) is 1. The van der Waals surface area contributed by atoms with Gasteiger partial charge in [-0.05, 0) is 44.9 Å². The van der Waals surface area contributed by atoms with Crippen molar-refractivity contribution in [1.29, 1.82) is 0 Å². The minimum Gasteiger partial charge on any atom is -0.494 e. The molecule has 0 heterocycles. The summed E-state index contributed by atoms with van der Waals surface area (Å²) < 4.78 is 10.4. The Bertz CT molecular complexity index is 524. The van der Waals surface area contributed by atoms with E-state index in [4.69, 9.17) is 9.47 Å². The molecule has 0 radical (unpaired) electrons. The lowest BCUT2D eigenvalue weighted by Crippen LogP contribution is -2.46. The number of methoxy groups -OCH3 is 1. The molecule has 1 unspecified atom stereocenters. The number of carboxylic acid groups (broad SMARTS) is 1. The number of hydrogen-bond acceptors (Lipinski definition) is 4. The molecule has 0 aliphatic heterocycles. The molecule has 0 aromatic heterocycles. The summed E-state index contributed by atoms with van der Waals surface area (Å²) in [7, 11) is 1.44. The third-order valence-corrected chi connectivity index (χ3v) is 3.63. The van der Waals surface area contributed by atoms with Gasteiger partial charge in [0.15, 0.2) is 0 Å². The van der Waals surface area contributed by atoms with Crippen LogP contribution in [0.1, 0.15) is 26.3 Å². The second-order valence-electron chi connectivity index (χ2n) is 5.74. The molecule has 0 aliphatic rings. The summed E-state index contributed by atoms with van der Waals surface area (Å²) in [6.07, 6.45) is 0.329. The first kappa shape index (κ1) is 19.0. The third-order valence-electron chi connectivity index (χ3n) is 3.63. The van der Waals surface area contributed by atoms with Crippen LogP contribution in [0.15, 0.2) is 24.3 Å². The van der Waals surface area contributed by atoms with E-state index in [1.165, 1.54) is 7.11 Å². The van der Waals surface area contributed by atoms with Gasteiger partial charge in [-0.25, -0.2) is 0 Å². The summed E-state index contributed by atoms with van der Waals surface area (Å²) in [6, 6.07) is 7.29. The molecule has 128 valence electrons. The van der Waals surface area contributed by atoms with Crippen LogP contribution in [-0.4, -0.2) is 42.8 Å². The molecule has 0 spiro atoms. The first-order chi connectivity index (χ1) is 10.8. The van der Waals surface area contributed by atoms with E-state index in [1.807, 2.05) is 31.2 Å². The Balaban J connectivity index is 2.65. The standard InChI is InChI=1S/C17H25NO5/c1-5-23-14-8-6-12(7-9-14)10-13(15(19)20)11-18-16(21)17(2,3)22-4/h6-9,13H,5,10-11H2,1-4H3,(H,18,21)(H,19,20). The van der Waals surface area contributed by atoms with Gasteiger partial charge in [0.25, 0.3) is 5.91 Å². The number of carbonyl (C=O) groups is 2. The van der Waals surface area contributed by atoms with E-state index in [0.29, 0.717) is 13.0 Å². The summed E-state index contributed by atoms with van der Waals surface area (Å²) in [6.45, 7) is 5.79. The van der Waals surface area contributed by atoms with Gasteiger partial charge in [-0.15, -0.1) is 0 Å². The summed E-state index contributed by atoms with van der Waals surface area (Å²) >= 11 is 0. The van der Waals surface area contributed by atoms with Crippen LogP contribution < -0.4 is 10.1 Å². The minimum absolute atomic E-state index is 0.0498. The Hall–Kier alpha value is -2.08. The summed E-state index contributed by atoms with van der Waals surface area (Å²) in [5.41, 5.74) is -0.108. The molecule has 0 fully saturated rings. The monoisotopic (exact) mass is 323 g/mol. The van der Waals surface area contributed by atoms with Crippen LogP contribution in [-0.2, 0) is 20.7 Å². The Morgan fingerprint density at radius 1 is 1.26 bits per heavy atom. The zero-order chi connectivity index (χ0) is 17.5. The van der Waals surface area contributed by atoms with Gasteiger partial charge in [-0.1, -0.05) is 12.1 Å². The van der Waals surface area contributed by atoms with Crippen LogP contribution in [0, 0.1) is 5.92 Å². The summed E-state index contributed by atoms with van der Waals surface area (Å²) in [5, 5.41) is 12.0. The Morgan fingerprint density at radius 3 is 2.35 bits per heavy atom.